The number of rotatable bonds is 6. The van der Waals surface area contributed by atoms with Crippen LogP contribution in [0.2, 0.25) is 5.02 Å². The van der Waals surface area contributed by atoms with E-state index in [0.29, 0.717) is 41.2 Å². The van der Waals surface area contributed by atoms with E-state index in [1.54, 1.807) is 23.1 Å². The van der Waals surface area contributed by atoms with E-state index in [-0.39, 0.29) is 36.0 Å². The van der Waals surface area contributed by atoms with Crippen molar-refractivity contribution in [2.75, 3.05) is 19.7 Å². The molecule has 160 valence electrons. The number of hydrogen-bond acceptors (Lipinski definition) is 4. The summed E-state index contributed by atoms with van der Waals surface area (Å²) in [5.74, 6) is -0.0893. The maximum absolute atomic E-state index is 13.1. The number of amides is 1. The fourth-order valence-corrected chi connectivity index (χ4v) is 4.58. The fourth-order valence-electron chi connectivity index (χ4n) is 3.63. The van der Waals surface area contributed by atoms with E-state index in [1.165, 1.54) is 18.2 Å². The van der Waals surface area contributed by atoms with E-state index in [0.717, 1.165) is 5.56 Å². The molecule has 1 heterocycles. The molecule has 0 aromatic heterocycles. The van der Waals surface area contributed by atoms with Gasteiger partial charge in [-0.1, -0.05) is 23.7 Å². The summed E-state index contributed by atoms with van der Waals surface area (Å²) in [6, 6.07) is 9.75. The van der Waals surface area contributed by atoms with Crippen molar-refractivity contribution in [2.45, 2.75) is 32.5 Å². The number of benzene rings is 2. The number of nitrogens with zero attached hydrogens (tertiary/aromatic N) is 2. The molecule has 0 bridgehead atoms. The van der Waals surface area contributed by atoms with Crippen LogP contribution in [0.25, 0.3) is 0 Å². The molecule has 0 unspecified atom stereocenters. The Labute approximate surface area is 188 Å². The zero-order valence-corrected chi connectivity index (χ0v) is 19.1. The standard InChI is InChI=1S/C22H23BrClFN2O3/c1-14-10-27(15(2)9-26(14)11-16-3-5-19(25)6-4-16)21(29)13-30-22-17(12-28)7-18(24)8-20(22)23/h3-8,12,14-15H,9-11,13H2,1-2H3/t14-,15+/m0/s1. The van der Waals surface area contributed by atoms with Crippen LogP contribution < -0.4 is 4.74 Å². The first kappa shape index (κ1) is 22.7. The second-order valence-corrected chi connectivity index (χ2v) is 8.80. The first-order valence-corrected chi connectivity index (χ1v) is 10.8. The highest BCUT2D eigenvalue weighted by atomic mass is 79.9. The number of ether oxygens (including phenoxy) is 1. The van der Waals surface area contributed by atoms with Gasteiger partial charge in [0.15, 0.2) is 12.9 Å². The Morgan fingerprint density at radius 3 is 2.60 bits per heavy atom. The number of carbonyl (C=O) groups excluding carboxylic acids is 2. The van der Waals surface area contributed by atoms with Gasteiger partial charge in [-0.2, -0.15) is 0 Å². The average Bonchev–Trinajstić information content (AvgIpc) is 2.70. The minimum atomic E-state index is -0.249. The summed E-state index contributed by atoms with van der Waals surface area (Å²) in [6.45, 7) is 5.86. The van der Waals surface area contributed by atoms with Crippen LogP contribution in [0, 0.1) is 5.82 Å². The normalized spacial score (nSPS) is 19.6. The molecule has 1 saturated heterocycles. The van der Waals surface area contributed by atoms with Crippen molar-refractivity contribution < 1.29 is 18.7 Å². The molecule has 3 rings (SSSR count). The van der Waals surface area contributed by atoms with Crippen LogP contribution in [0.1, 0.15) is 29.8 Å². The second-order valence-electron chi connectivity index (χ2n) is 7.51. The van der Waals surface area contributed by atoms with E-state index in [1.807, 2.05) is 6.92 Å². The van der Waals surface area contributed by atoms with E-state index < -0.39 is 0 Å². The largest absolute Gasteiger partial charge is 0.482 e. The first-order chi connectivity index (χ1) is 14.3. The first-order valence-electron chi connectivity index (χ1n) is 9.63. The summed E-state index contributed by atoms with van der Waals surface area (Å²) in [5.41, 5.74) is 1.32. The number of piperazine rings is 1. The lowest BCUT2D eigenvalue weighted by Crippen LogP contribution is -2.58. The molecule has 0 spiro atoms. The third-order valence-electron chi connectivity index (χ3n) is 5.24. The van der Waals surface area contributed by atoms with Gasteiger partial charge in [0.25, 0.3) is 5.91 Å². The predicted molar refractivity (Wildman–Crippen MR) is 117 cm³/mol. The molecule has 0 N–H and O–H groups in total. The highest BCUT2D eigenvalue weighted by molar-refractivity contribution is 9.10. The maximum Gasteiger partial charge on any atom is 0.260 e. The third-order valence-corrected chi connectivity index (χ3v) is 6.05. The van der Waals surface area contributed by atoms with Gasteiger partial charge < -0.3 is 9.64 Å². The molecule has 8 heteroatoms. The van der Waals surface area contributed by atoms with Crippen LogP contribution in [0.5, 0.6) is 5.75 Å². The maximum atomic E-state index is 13.1. The molecule has 0 radical (unpaired) electrons. The number of hydrogen-bond donors (Lipinski definition) is 0. The topological polar surface area (TPSA) is 49.9 Å². The molecule has 0 saturated carbocycles. The van der Waals surface area contributed by atoms with Crippen molar-refractivity contribution in [3.63, 3.8) is 0 Å². The monoisotopic (exact) mass is 496 g/mol. The zero-order chi connectivity index (χ0) is 21.8. The molecule has 0 aliphatic carbocycles. The molecule has 1 aliphatic rings. The lowest BCUT2D eigenvalue weighted by atomic mass is 10.1. The van der Waals surface area contributed by atoms with E-state index in [9.17, 15) is 14.0 Å². The van der Waals surface area contributed by atoms with E-state index in [2.05, 4.69) is 27.8 Å². The highest BCUT2D eigenvalue weighted by Gasteiger charge is 2.32. The van der Waals surface area contributed by atoms with Gasteiger partial charge in [-0.3, -0.25) is 14.5 Å². The quantitative estimate of drug-likeness (QED) is 0.549. The van der Waals surface area contributed by atoms with Gasteiger partial charge in [0.05, 0.1) is 10.0 Å². The molecule has 2 aromatic rings. The van der Waals surface area contributed by atoms with Crippen LogP contribution in [0.4, 0.5) is 4.39 Å². The Morgan fingerprint density at radius 1 is 1.23 bits per heavy atom. The molecule has 1 fully saturated rings. The summed E-state index contributed by atoms with van der Waals surface area (Å²) in [5, 5.41) is 0.405. The molecule has 5 nitrogen and oxygen atoms in total. The Morgan fingerprint density at radius 2 is 1.93 bits per heavy atom. The Hall–Kier alpha value is -1.96. The fraction of sp³-hybridized carbons (Fsp3) is 0.364. The molecular weight excluding hydrogens is 475 g/mol. The van der Waals surface area contributed by atoms with E-state index >= 15 is 0 Å². The van der Waals surface area contributed by atoms with Crippen LogP contribution in [0.3, 0.4) is 0 Å². The molecule has 30 heavy (non-hydrogen) atoms. The summed E-state index contributed by atoms with van der Waals surface area (Å²) >= 11 is 9.28. The SMILES string of the molecule is C[C@@H]1CN(Cc2ccc(F)cc2)[C@@H](C)CN1C(=O)COc1c(Br)cc(Cl)cc1C=O. The van der Waals surface area contributed by atoms with Crippen molar-refractivity contribution in [3.05, 3.63) is 62.8 Å². The van der Waals surface area contributed by atoms with Gasteiger partial charge in [0, 0.05) is 36.7 Å². The summed E-state index contributed by atoms with van der Waals surface area (Å²) in [7, 11) is 0. The lowest BCUT2D eigenvalue weighted by molar-refractivity contribution is -0.139. The van der Waals surface area contributed by atoms with Gasteiger partial charge in [-0.25, -0.2) is 4.39 Å². The van der Waals surface area contributed by atoms with Crippen LogP contribution in [-0.4, -0.2) is 53.8 Å². The van der Waals surface area contributed by atoms with Gasteiger partial charge in [0.1, 0.15) is 11.6 Å². The van der Waals surface area contributed by atoms with Gasteiger partial charge in [0.2, 0.25) is 0 Å². The smallest absolute Gasteiger partial charge is 0.260 e. The number of carbonyl (C=O) groups is 2. The molecular formula is C22H23BrClFN2O3. The van der Waals surface area contributed by atoms with Crippen LogP contribution in [0.15, 0.2) is 40.9 Å². The Bertz CT molecular complexity index is 925. The minimum Gasteiger partial charge on any atom is -0.482 e. The predicted octanol–water partition coefficient (Wildman–Crippen LogP) is 4.55. The van der Waals surface area contributed by atoms with Crippen molar-refractivity contribution >= 4 is 39.7 Å². The third kappa shape index (κ3) is 5.39. The lowest BCUT2D eigenvalue weighted by Gasteiger charge is -2.44. The average molecular weight is 498 g/mol. The number of halogens is 3. The summed E-state index contributed by atoms with van der Waals surface area (Å²) in [4.78, 5) is 28.2. The summed E-state index contributed by atoms with van der Waals surface area (Å²) in [6.07, 6.45) is 0.648. The van der Waals surface area contributed by atoms with Gasteiger partial charge >= 0.3 is 0 Å². The van der Waals surface area contributed by atoms with Crippen LogP contribution >= 0.6 is 27.5 Å². The molecule has 2 atom stereocenters. The van der Waals surface area contributed by atoms with Gasteiger partial charge in [-0.05, 0) is 59.6 Å². The molecule has 2 aromatic carbocycles. The van der Waals surface area contributed by atoms with Crippen molar-refractivity contribution in [3.8, 4) is 5.75 Å². The van der Waals surface area contributed by atoms with Crippen LogP contribution in [-0.2, 0) is 11.3 Å². The van der Waals surface area contributed by atoms with E-state index in [4.69, 9.17) is 16.3 Å². The molecule has 1 amide bonds. The number of aldehydes is 1. The second kappa shape index (κ2) is 9.90. The summed E-state index contributed by atoms with van der Waals surface area (Å²) < 4.78 is 19.3. The Balaban J connectivity index is 1.61. The minimum absolute atomic E-state index is 0.00283. The zero-order valence-electron chi connectivity index (χ0n) is 16.8. The van der Waals surface area contributed by atoms with Crippen molar-refractivity contribution in [1.82, 2.24) is 9.80 Å². The van der Waals surface area contributed by atoms with Crippen molar-refractivity contribution in [2.24, 2.45) is 0 Å². The molecule has 1 aliphatic heterocycles. The van der Waals surface area contributed by atoms with Crippen molar-refractivity contribution in [1.29, 1.82) is 0 Å². The highest BCUT2D eigenvalue weighted by Crippen LogP contribution is 2.32. The Kier molecular flexibility index (Phi) is 7.50. The van der Waals surface area contributed by atoms with Gasteiger partial charge in [-0.15, -0.1) is 0 Å².